The first kappa shape index (κ1) is 14.8. The molecule has 4 rings (SSSR count). The molecule has 2 nitrogen and oxygen atoms in total. The first-order valence-electron chi connectivity index (χ1n) is 8.36. The van der Waals surface area contributed by atoms with E-state index in [2.05, 4.69) is 30.3 Å². The summed E-state index contributed by atoms with van der Waals surface area (Å²) in [4.78, 5) is 4.99. The molecule has 23 heavy (non-hydrogen) atoms. The van der Waals surface area contributed by atoms with Gasteiger partial charge in [-0.2, -0.15) is 0 Å². The monoisotopic (exact) mass is 325 g/mol. The number of rotatable bonds is 2. The lowest BCUT2D eigenvalue weighted by atomic mass is 9.78. The zero-order valence-corrected chi connectivity index (χ0v) is 13.7. The highest BCUT2D eigenvalue weighted by Gasteiger charge is 2.38. The van der Waals surface area contributed by atoms with Crippen molar-refractivity contribution >= 4 is 17.5 Å². The maximum absolute atomic E-state index is 6.27. The van der Waals surface area contributed by atoms with Gasteiger partial charge in [0.05, 0.1) is 6.04 Å². The van der Waals surface area contributed by atoms with Crippen molar-refractivity contribution in [2.24, 2.45) is 10.9 Å². The Morgan fingerprint density at radius 1 is 0.913 bits per heavy atom. The van der Waals surface area contributed by atoms with E-state index in [4.69, 9.17) is 21.3 Å². The van der Waals surface area contributed by atoms with Crippen LogP contribution < -0.4 is 0 Å². The molecule has 3 atom stereocenters. The van der Waals surface area contributed by atoms with Crippen molar-refractivity contribution < 1.29 is 4.74 Å². The smallest absolute Gasteiger partial charge is 0.216 e. The van der Waals surface area contributed by atoms with Crippen LogP contribution in [0.2, 0.25) is 5.02 Å². The third-order valence-corrected chi connectivity index (χ3v) is 5.16. The Labute approximate surface area is 142 Å². The highest BCUT2D eigenvalue weighted by atomic mass is 35.5. The maximum Gasteiger partial charge on any atom is 0.216 e. The number of hydrogen-bond acceptors (Lipinski definition) is 2. The van der Waals surface area contributed by atoms with Gasteiger partial charge in [0.15, 0.2) is 0 Å². The third kappa shape index (κ3) is 3.00. The van der Waals surface area contributed by atoms with Gasteiger partial charge >= 0.3 is 0 Å². The Morgan fingerprint density at radius 3 is 2.43 bits per heavy atom. The molecule has 0 amide bonds. The van der Waals surface area contributed by atoms with Gasteiger partial charge in [-0.15, -0.1) is 0 Å². The van der Waals surface area contributed by atoms with Crippen LogP contribution >= 0.6 is 11.6 Å². The van der Waals surface area contributed by atoms with Crippen LogP contribution in [0.5, 0.6) is 0 Å². The summed E-state index contributed by atoms with van der Waals surface area (Å²) in [6.07, 6.45) is 5.12. The highest BCUT2D eigenvalue weighted by molar-refractivity contribution is 6.30. The molecule has 118 valence electrons. The average Bonchev–Trinajstić information content (AvgIpc) is 2.62. The average molecular weight is 326 g/mol. The van der Waals surface area contributed by atoms with Crippen LogP contribution in [-0.2, 0) is 4.74 Å². The number of aliphatic imine (C=N–C) groups is 1. The molecule has 0 aromatic heterocycles. The molecule has 1 aliphatic carbocycles. The van der Waals surface area contributed by atoms with Crippen molar-refractivity contribution in [1.29, 1.82) is 0 Å². The van der Waals surface area contributed by atoms with Crippen LogP contribution in [0.15, 0.2) is 59.6 Å². The highest BCUT2D eigenvalue weighted by Crippen LogP contribution is 2.42. The molecule has 2 aromatic carbocycles. The topological polar surface area (TPSA) is 21.6 Å². The van der Waals surface area contributed by atoms with Crippen LogP contribution in [0, 0.1) is 5.92 Å². The van der Waals surface area contributed by atoms with E-state index in [1.165, 1.54) is 24.8 Å². The second-order valence-electron chi connectivity index (χ2n) is 6.40. The second kappa shape index (κ2) is 6.37. The van der Waals surface area contributed by atoms with Crippen molar-refractivity contribution in [1.82, 2.24) is 0 Å². The lowest BCUT2D eigenvalue weighted by Crippen LogP contribution is -2.38. The Hall–Kier alpha value is -1.80. The number of hydrogen-bond donors (Lipinski definition) is 0. The molecule has 0 spiro atoms. The minimum absolute atomic E-state index is 0.195. The molecule has 0 unspecified atom stereocenters. The van der Waals surface area contributed by atoms with Crippen LogP contribution in [0.1, 0.15) is 42.9 Å². The predicted molar refractivity (Wildman–Crippen MR) is 94.0 cm³/mol. The molecule has 0 radical (unpaired) electrons. The van der Waals surface area contributed by atoms with Gasteiger partial charge in [0, 0.05) is 16.5 Å². The minimum Gasteiger partial charge on any atom is -0.474 e. The molecule has 1 saturated carbocycles. The van der Waals surface area contributed by atoms with Gasteiger partial charge in [-0.3, -0.25) is 0 Å². The molecular weight excluding hydrogens is 306 g/mol. The molecule has 2 aliphatic rings. The Kier molecular flexibility index (Phi) is 4.09. The van der Waals surface area contributed by atoms with E-state index in [0.717, 1.165) is 22.9 Å². The number of fused-ring (bicyclic) bond motifs is 1. The van der Waals surface area contributed by atoms with Crippen LogP contribution in [0.3, 0.4) is 0 Å². The molecule has 0 saturated heterocycles. The largest absolute Gasteiger partial charge is 0.474 e. The SMILES string of the molecule is Clc1ccc(C2=N[C@@H](c3ccccc3)[C@H]3CCCC[C@H]3O2)cc1. The normalized spacial score (nSPS) is 26.8. The van der Waals surface area contributed by atoms with Gasteiger partial charge in [0.25, 0.3) is 0 Å². The lowest BCUT2D eigenvalue weighted by molar-refractivity contribution is 0.0501. The summed E-state index contributed by atoms with van der Waals surface area (Å²) in [5.74, 6) is 1.25. The second-order valence-corrected chi connectivity index (χ2v) is 6.84. The fourth-order valence-electron chi connectivity index (χ4n) is 3.74. The van der Waals surface area contributed by atoms with Crippen LogP contribution in [-0.4, -0.2) is 12.0 Å². The van der Waals surface area contributed by atoms with Gasteiger partial charge in [0.1, 0.15) is 6.10 Å². The summed E-state index contributed by atoms with van der Waals surface area (Å²) in [5.41, 5.74) is 2.30. The van der Waals surface area contributed by atoms with Crippen molar-refractivity contribution in [3.05, 3.63) is 70.7 Å². The first-order chi connectivity index (χ1) is 11.3. The van der Waals surface area contributed by atoms with E-state index < -0.39 is 0 Å². The molecular formula is C20H20ClNO. The van der Waals surface area contributed by atoms with Crippen molar-refractivity contribution in [2.45, 2.75) is 37.8 Å². The summed E-state index contributed by atoms with van der Waals surface area (Å²) in [6, 6.07) is 18.6. The number of ether oxygens (including phenoxy) is 1. The Bertz CT molecular complexity index is 695. The number of nitrogens with zero attached hydrogens (tertiary/aromatic N) is 1. The fraction of sp³-hybridized carbons (Fsp3) is 0.350. The maximum atomic E-state index is 6.27. The first-order valence-corrected chi connectivity index (χ1v) is 8.74. The molecule has 3 heteroatoms. The predicted octanol–water partition coefficient (Wildman–Crippen LogP) is 5.42. The van der Waals surface area contributed by atoms with Gasteiger partial charge in [-0.05, 0) is 49.1 Å². The number of benzene rings is 2. The van der Waals surface area contributed by atoms with Crippen molar-refractivity contribution in [3.8, 4) is 0 Å². The molecule has 1 fully saturated rings. The summed E-state index contributed by atoms with van der Waals surface area (Å²) in [5, 5.41) is 0.736. The third-order valence-electron chi connectivity index (χ3n) is 4.91. The van der Waals surface area contributed by atoms with Crippen molar-refractivity contribution in [2.75, 3.05) is 0 Å². The van der Waals surface area contributed by atoms with E-state index in [1.54, 1.807) is 0 Å². The van der Waals surface area contributed by atoms with Crippen LogP contribution in [0.4, 0.5) is 0 Å². The van der Waals surface area contributed by atoms with Gasteiger partial charge in [-0.1, -0.05) is 48.4 Å². The van der Waals surface area contributed by atoms with Gasteiger partial charge in [0.2, 0.25) is 5.90 Å². The zero-order chi connectivity index (χ0) is 15.6. The minimum atomic E-state index is 0.195. The summed E-state index contributed by atoms with van der Waals surface area (Å²) in [7, 11) is 0. The Morgan fingerprint density at radius 2 is 1.65 bits per heavy atom. The van der Waals surface area contributed by atoms with E-state index in [9.17, 15) is 0 Å². The fourth-order valence-corrected chi connectivity index (χ4v) is 3.86. The van der Waals surface area contributed by atoms with E-state index in [-0.39, 0.29) is 12.1 Å². The number of halogens is 1. The lowest BCUT2D eigenvalue weighted by Gasteiger charge is -2.39. The van der Waals surface area contributed by atoms with Gasteiger partial charge < -0.3 is 4.74 Å². The quantitative estimate of drug-likeness (QED) is 0.722. The Balaban J connectivity index is 1.74. The molecule has 2 aromatic rings. The molecule has 0 N–H and O–H groups in total. The zero-order valence-electron chi connectivity index (χ0n) is 13.0. The molecule has 1 aliphatic heterocycles. The summed E-state index contributed by atoms with van der Waals surface area (Å²) in [6.45, 7) is 0. The molecule has 1 heterocycles. The van der Waals surface area contributed by atoms with Gasteiger partial charge in [-0.25, -0.2) is 4.99 Å². The van der Waals surface area contributed by atoms with E-state index in [0.29, 0.717) is 5.92 Å². The van der Waals surface area contributed by atoms with E-state index in [1.807, 2.05) is 24.3 Å². The van der Waals surface area contributed by atoms with E-state index >= 15 is 0 Å². The standard InChI is InChI=1S/C20H20ClNO/c21-16-12-10-15(11-13-16)20-22-19(14-6-2-1-3-7-14)17-8-4-5-9-18(17)23-20/h1-3,6-7,10-13,17-19H,4-5,8-9H2/t17-,18+,19-/m0/s1. The van der Waals surface area contributed by atoms with Crippen LogP contribution in [0.25, 0.3) is 0 Å². The summed E-state index contributed by atoms with van der Waals surface area (Å²) >= 11 is 6.01. The van der Waals surface area contributed by atoms with Crippen molar-refractivity contribution in [3.63, 3.8) is 0 Å². The molecule has 0 bridgehead atoms. The summed E-state index contributed by atoms with van der Waals surface area (Å²) < 4.78 is 6.27.